The predicted octanol–water partition coefficient (Wildman–Crippen LogP) is 2.63. The van der Waals surface area contributed by atoms with Crippen molar-refractivity contribution in [2.24, 2.45) is 16.7 Å². The van der Waals surface area contributed by atoms with Gasteiger partial charge in [0.25, 0.3) is 5.91 Å². The number of anilines is 1. The Labute approximate surface area is 208 Å². The largest absolute Gasteiger partial charge is 0.469 e. The normalized spacial score (nSPS) is 28.0. The molecule has 10 heteroatoms. The van der Waals surface area contributed by atoms with Crippen molar-refractivity contribution in [2.75, 3.05) is 45.3 Å². The smallest absolute Gasteiger partial charge is 0.307 e. The average molecular weight is 508 g/mol. The summed E-state index contributed by atoms with van der Waals surface area (Å²) in [6.07, 6.45) is 3.46. The van der Waals surface area contributed by atoms with E-state index >= 15 is 0 Å². The van der Waals surface area contributed by atoms with Gasteiger partial charge in [-0.3, -0.25) is 9.59 Å². The van der Waals surface area contributed by atoms with Crippen LogP contribution in [0.25, 0.3) is 0 Å². The molecule has 2 saturated carbocycles. The third-order valence-electron chi connectivity index (χ3n) is 8.25. The fourth-order valence-electron chi connectivity index (χ4n) is 6.23. The summed E-state index contributed by atoms with van der Waals surface area (Å²) < 4.78 is 38.5. The maximum atomic E-state index is 13.5. The van der Waals surface area contributed by atoms with Gasteiger partial charge in [-0.15, -0.1) is 0 Å². The van der Waals surface area contributed by atoms with Crippen LogP contribution in [0.2, 0.25) is 0 Å². The summed E-state index contributed by atoms with van der Waals surface area (Å²) in [6.45, 7) is 8.02. The zero-order chi connectivity index (χ0) is 25.4. The number of amides is 1. The molecule has 3 atom stereocenters. The molecule has 0 spiro atoms. The Morgan fingerprint density at radius 3 is 2.54 bits per heavy atom. The van der Waals surface area contributed by atoms with Crippen molar-refractivity contribution in [1.29, 1.82) is 0 Å². The number of esters is 1. The number of carbonyl (C=O) groups is 2. The topological polar surface area (TPSA) is 114 Å². The number of sulfonamides is 1. The van der Waals surface area contributed by atoms with Crippen LogP contribution in [0.4, 0.5) is 5.69 Å². The Balaban J connectivity index is 1.61. The predicted molar refractivity (Wildman–Crippen MR) is 132 cm³/mol. The van der Waals surface area contributed by atoms with Gasteiger partial charge in [0.05, 0.1) is 32.4 Å². The summed E-state index contributed by atoms with van der Waals surface area (Å²) in [4.78, 5) is 24.9. The van der Waals surface area contributed by atoms with Crippen LogP contribution in [-0.2, 0) is 24.3 Å². The molecule has 0 aromatic heterocycles. The van der Waals surface area contributed by atoms with E-state index < -0.39 is 16.0 Å². The SMILES string of the molecule is COC(=O)CCNc1ccc(C(=O)NC2C(C)(C)[C@H]3CC[C@@]2(C)C3)cc1S(=O)(=O)N1CCOCC1. The summed E-state index contributed by atoms with van der Waals surface area (Å²) in [6, 6.07) is 4.71. The van der Waals surface area contributed by atoms with Gasteiger partial charge in [-0.25, -0.2) is 8.42 Å². The molecule has 2 N–H and O–H groups in total. The second kappa shape index (κ2) is 9.71. The van der Waals surface area contributed by atoms with E-state index in [1.165, 1.54) is 23.9 Å². The Morgan fingerprint density at radius 1 is 1.20 bits per heavy atom. The molecule has 2 bridgehead atoms. The number of hydrogen-bond donors (Lipinski definition) is 2. The van der Waals surface area contributed by atoms with Crippen molar-refractivity contribution in [3.05, 3.63) is 23.8 Å². The number of methoxy groups -OCH3 is 1. The lowest BCUT2D eigenvalue weighted by Crippen LogP contribution is -2.52. The van der Waals surface area contributed by atoms with Crippen LogP contribution in [0.15, 0.2) is 23.1 Å². The molecule has 1 aromatic carbocycles. The summed E-state index contributed by atoms with van der Waals surface area (Å²) in [5.41, 5.74) is 0.699. The number of hydrogen-bond acceptors (Lipinski definition) is 7. The zero-order valence-electron chi connectivity index (χ0n) is 21.1. The van der Waals surface area contributed by atoms with Crippen LogP contribution < -0.4 is 10.6 Å². The minimum Gasteiger partial charge on any atom is -0.469 e. The van der Waals surface area contributed by atoms with Crippen LogP contribution in [0.1, 0.15) is 56.8 Å². The number of nitrogens with one attached hydrogen (secondary N) is 2. The zero-order valence-corrected chi connectivity index (χ0v) is 21.9. The van der Waals surface area contributed by atoms with Gasteiger partial charge < -0.3 is 20.1 Å². The van der Waals surface area contributed by atoms with E-state index in [-0.39, 0.29) is 53.7 Å². The van der Waals surface area contributed by atoms with Crippen molar-refractivity contribution in [3.63, 3.8) is 0 Å². The minimum absolute atomic E-state index is 0.0131. The fraction of sp³-hybridized carbons (Fsp3) is 0.680. The molecule has 1 heterocycles. The van der Waals surface area contributed by atoms with E-state index in [1.807, 2.05) is 0 Å². The fourth-order valence-corrected chi connectivity index (χ4v) is 7.83. The Morgan fingerprint density at radius 2 is 1.91 bits per heavy atom. The molecule has 3 fully saturated rings. The average Bonchev–Trinajstić information content (AvgIpc) is 3.33. The van der Waals surface area contributed by atoms with Crippen LogP contribution in [0.5, 0.6) is 0 Å². The highest BCUT2D eigenvalue weighted by Gasteiger charge is 2.59. The summed E-state index contributed by atoms with van der Waals surface area (Å²) in [5.74, 6) is -0.0825. The molecule has 1 saturated heterocycles. The van der Waals surface area contributed by atoms with Gasteiger partial charge in [-0.2, -0.15) is 4.31 Å². The molecule has 35 heavy (non-hydrogen) atoms. The Kier molecular flexibility index (Phi) is 7.19. The highest BCUT2D eigenvalue weighted by atomic mass is 32.2. The van der Waals surface area contributed by atoms with Gasteiger partial charge in [-0.1, -0.05) is 20.8 Å². The standard InChI is InChI=1S/C25H37N3O6S/c1-24(2)18-7-9-25(3,16-18)23(24)27-22(30)17-5-6-19(26-10-8-21(29)33-4)20(15-17)35(31,32)28-11-13-34-14-12-28/h5-6,15,18,23,26H,7-14,16H2,1-4H3,(H,27,30)/t18-,23?,25-/m0/s1. The number of morpholine rings is 1. The first-order valence-corrected chi connectivity index (χ1v) is 13.8. The number of nitrogens with zero attached hydrogens (tertiary/aromatic N) is 1. The van der Waals surface area contributed by atoms with E-state index in [0.717, 1.165) is 12.8 Å². The highest BCUT2D eigenvalue weighted by Crippen LogP contribution is 2.62. The molecule has 3 aliphatic rings. The van der Waals surface area contributed by atoms with Gasteiger partial charge in [0, 0.05) is 31.2 Å². The minimum atomic E-state index is -3.88. The second-order valence-electron chi connectivity index (χ2n) is 10.8. The van der Waals surface area contributed by atoms with Gasteiger partial charge in [-0.05, 0) is 54.2 Å². The van der Waals surface area contributed by atoms with E-state index in [2.05, 4.69) is 36.1 Å². The first-order valence-electron chi connectivity index (χ1n) is 12.3. The summed E-state index contributed by atoms with van der Waals surface area (Å²) in [5, 5.41) is 6.29. The maximum absolute atomic E-state index is 13.5. The number of carbonyl (C=O) groups excluding carboxylic acids is 2. The highest BCUT2D eigenvalue weighted by molar-refractivity contribution is 7.89. The van der Waals surface area contributed by atoms with Crippen LogP contribution in [0.3, 0.4) is 0 Å². The monoisotopic (exact) mass is 507 g/mol. The van der Waals surface area contributed by atoms with E-state index in [4.69, 9.17) is 4.74 Å². The van der Waals surface area contributed by atoms with Gasteiger partial charge in [0.15, 0.2) is 0 Å². The molecule has 1 aromatic rings. The first-order chi connectivity index (χ1) is 16.5. The Hall–Kier alpha value is -2.17. The van der Waals surface area contributed by atoms with E-state index in [1.54, 1.807) is 12.1 Å². The molecule has 0 radical (unpaired) electrons. The molecule has 1 aliphatic heterocycles. The molecule has 1 unspecified atom stereocenters. The van der Waals surface area contributed by atoms with Crippen LogP contribution >= 0.6 is 0 Å². The lowest BCUT2D eigenvalue weighted by molar-refractivity contribution is -0.140. The molecule has 2 aliphatic carbocycles. The van der Waals surface area contributed by atoms with E-state index in [9.17, 15) is 18.0 Å². The van der Waals surface area contributed by atoms with Crippen LogP contribution in [0, 0.1) is 16.7 Å². The molecule has 194 valence electrons. The van der Waals surface area contributed by atoms with Gasteiger partial charge in [0.2, 0.25) is 10.0 Å². The number of ether oxygens (including phenoxy) is 2. The quantitative estimate of drug-likeness (QED) is 0.520. The third-order valence-corrected chi connectivity index (χ3v) is 10.2. The lowest BCUT2D eigenvalue weighted by atomic mass is 9.68. The second-order valence-corrected chi connectivity index (χ2v) is 12.7. The summed E-state index contributed by atoms with van der Waals surface area (Å²) in [7, 11) is -2.57. The third kappa shape index (κ3) is 4.93. The number of fused-ring (bicyclic) bond motifs is 2. The van der Waals surface area contributed by atoms with Crippen molar-refractivity contribution < 1.29 is 27.5 Å². The lowest BCUT2D eigenvalue weighted by Gasteiger charge is -2.43. The first kappa shape index (κ1) is 25.9. The maximum Gasteiger partial charge on any atom is 0.307 e. The van der Waals surface area contributed by atoms with Crippen molar-refractivity contribution in [2.45, 2.75) is 57.4 Å². The number of benzene rings is 1. The van der Waals surface area contributed by atoms with Crippen molar-refractivity contribution in [3.8, 4) is 0 Å². The molecule has 1 amide bonds. The molecule has 4 rings (SSSR count). The summed E-state index contributed by atoms with van der Waals surface area (Å²) >= 11 is 0. The van der Waals surface area contributed by atoms with Crippen molar-refractivity contribution in [1.82, 2.24) is 9.62 Å². The number of rotatable bonds is 8. The Bertz CT molecular complexity index is 1080. The van der Waals surface area contributed by atoms with E-state index in [0.29, 0.717) is 30.4 Å². The molecule has 9 nitrogen and oxygen atoms in total. The molecular formula is C25H37N3O6S. The van der Waals surface area contributed by atoms with Gasteiger partial charge >= 0.3 is 5.97 Å². The van der Waals surface area contributed by atoms with Crippen LogP contribution in [-0.4, -0.2) is 70.6 Å². The van der Waals surface area contributed by atoms with Gasteiger partial charge in [0.1, 0.15) is 4.90 Å². The van der Waals surface area contributed by atoms with Crippen molar-refractivity contribution >= 4 is 27.6 Å². The molecular weight excluding hydrogens is 470 g/mol.